The standard InChI is InChI=1S/C37H42FN3O4S/c1-5-6-22-39-37(43)35(24-30-10-8-7-9-11-30)40(25-31-15-17-32(38)18-16-31)36(42)26-41(33-19-14-28(3)29(4)23-33)46(44,45)34-20-12-27(2)13-21-34/h7-21,23,35H,5-6,22,24-26H2,1-4H3,(H,39,43). The Kier molecular flexibility index (Phi) is 11.7. The minimum atomic E-state index is -4.19. The molecule has 0 aliphatic rings. The van der Waals surface area contributed by atoms with Crippen LogP contribution in [0.25, 0.3) is 0 Å². The quantitative estimate of drug-likeness (QED) is 0.159. The van der Waals surface area contributed by atoms with Crippen molar-refractivity contribution in [1.82, 2.24) is 10.2 Å². The van der Waals surface area contributed by atoms with E-state index in [0.29, 0.717) is 17.8 Å². The zero-order valence-electron chi connectivity index (χ0n) is 26.9. The van der Waals surface area contributed by atoms with Crippen molar-refractivity contribution in [3.8, 4) is 0 Å². The number of anilines is 1. The van der Waals surface area contributed by atoms with Crippen molar-refractivity contribution in [3.63, 3.8) is 0 Å². The lowest BCUT2D eigenvalue weighted by molar-refractivity contribution is -0.140. The van der Waals surface area contributed by atoms with Gasteiger partial charge in [0.1, 0.15) is 18.4 Å². The van der Waals surface area contributed by atoms with Crippen molar-refractivity contribution in [1.29, 1.82) is 0 Å². The van der Waals surface area contributed by atoms with E-state index in [4.69, 9.17) is 0 Å². The van der Waals surface area contributed by atoms with Gasteiger partial charge in [0.2, 0.25) is 11.8 Å². The summed E-state index contributed by atoms with van der Waals surface area (Å²) < 4.78 is 43.4. The second-order valence-electron chi connectivity index (χ2n) is 11.6. The van der Waals surface area contributed by atoms with Crippen molar-refractivity contribution in [2.24, 2.45) is 0 Å². The van der Waals surface area contributed by atoms with Gasteiger partial charge < -0.3 is 10.2 Å². The Balaban J connectivity index is 1.80. The molecule has 9 heteroatoms. The Labute approximate surface area is 272 Å². The minimum absolute atomic E-state index is 0.0246. The summed E-state index contributed by atoms with van der Waals surface area (Å²) in [5, 5.41) is 2.97. The highest BCUT2D eigenvalue weighted by molar-refractivity contribution is 7.92. The van der Waals surface area contributed by atoms with Crippen LogP contribution in [0.5, 0.6) is 0 Å². The first-order valence-electron chi connectivity index (χ1n) is 15.5. The van der Waals surface area contributed by atoms with Gasteiger partial charge in [-0.05, 0) is 85.8 Å². The molecule has 242 valence electrons. The molecule has 7 nitrogen and oxygen atoms in total. The Morgan fingerprint density at radius 3 is 2.13 bits per heavy atom. The number of halogens is 1. The first-order valence-corrected chi connectivity index (χ1v) is 17.0. The van der Waals surface area contributed by atoms with E-state index in [1.165, 1.54) is 29.2 Å². The topological polar surface area (TPSA) is 86.8 Å². The first-order chi connectivity index (χ1) is 22.0. The number of nitrogens with one attached hydrogen (secondary N) is 1. The number of sulfonamides is 1. The van der Waals surface area contributed by atoms with E-state index in [9.17, 15) is 22.4 Å². The molecule has 4 rings (SSSR count). The molecule has 0 bridgehead atoms. The van der Waals surface area contributed by atoms with Crippen LogP contribution in [0.1, 0.15) is 47.6 Å². The number of nitrogens with zero attached hydrogens (tertiary/aromatic N) is 2. The van der Waals surface area contributed by atoms with Gasteiger partial charge in [0.05, 0.1) is 10.6 Å². The fraction of sp³-hybridized carbons (Fsp3) is 0.297. The number of carbonyl (C=O) groups is 2. The third-order valence-electron chi connectivity index (χ3n) is 8.03. The van der Waals surface area contributed by atoms with Gasteiger partial charge in [-0.15, -0.1) is 0 Å². The zero-order chi connectivity index (χ0) is 33.3. The van der Waals surface area contributed by atoms with E-state index in [2.05, 4.69) is 5.32 Å². The molecule has 0 saturated carbocycles. The van der Waals surface area contributed by atoms with Crippen molar-refractivity contribution in [3.05, 3.63) is 131 Å². The highest BCUT2D eigenvalue weighted by Crippen LogP contribution is 2.27. The maximum atomic E-state index is 14.5. The van der Waals surface area contributed by atoms with Gasteiger partial charge >= 0.3 is 0 Å². The molecule has 0 radical (unpaired) electrons. The number of hydrogen-bond acceptors (Lipinski definition) is 4. The summed E-state index contributed by atoms with van der Waals surface area (Å²) in [4.78, 5) is 29.8. The molecule has 46 heavy (non-hydrogen) atoms. The summed E-state index contributed by atoms with van der Waals surface area (Å²) in [6.07, 6.45) is 1.86. The lowest BCUT2D eigenvalue weighted by Crippen LogP contribution is -2.53. The number of carbonyl (C=O) groups excluding carboxylic acids is 2. The van der Waals surface area contributed by atoms with E-state index in [-0.39, 0.29) is 23.8 Å². The average Bonchev–Trinajstić information content (AvgIpc) is 3.04. The van der Waals surface area contributed by atoms with Gasteiger partial charge in [-0.2, -0.15) is 0 Å². The lowest BCUT2D eigenvalue weighted by atomic mass is 10.0. The molecule has 4 aromatic carbocycles. The first kappa shape index (κ1) is 34.4. The van der Waals surface area contributed by atoms with Gasteiger partial charge in [-0.25, -0.2) is 12.8 Å². The predicted molar refractivity (Wildman–Crippen MR) is 180 cm³/mol. The molecule has 0 aliphatic heterocycles. The van der Waals surface area contributed by atoms with Crippen LogP contribution in [0.2, 0.25) is 0 Å². The van der Waals surface area contributed by atoms with Gasteiger partial charge in [0, 0.05) is 19.5 Å². The Hall–Kier alpha value is -4.50. The van der Waals surface area contributed by atoms with Crippen LogP contribution in [0.15, 0.2) is 102 Å². The molecule has 0 heterocycles. The van der Waals surface area contributed by atoms with Crippen molar-refractivity contribution in [2.45, 2.75) is 64.4 Å². The summed E-state index contributed by atoms with van der Waals surface area (Å²) >= 11 is 0. The normalized spacial score (nSPS) is 11.9. The van der Waals surface area contributed by atoms with Gasteiger partial charge in [0.15, 0.2) is 0 Å². The van der Waals surface area contributed by atoms with Crippen LogP contribution in [0.4, 0.5) is 10.1 Å². The summed E-state index contributed by atoms with van der Waals surface area (Å²) in [7, 11) is -4.19. The Bertz CT molecular complexity index is 1730. The molecule has 2 amide bonds. The third kappa shape index (κ3) is 8.81. The maximum Gasteiger partial charge on any atom is 0.264 e. The number of benzene rings is 4. The lowest BCUT2D eigenvalue weighted by Gasteiger charge is -2.34. The number of aryl methyl sites for hydroxylation is 3. The van der Waals surface area contributed by atoms with Gasteiger partial charge in [-0.3, -0.25) is 13.9 Å². The van der Waals surface area contributed by atoms with E-state index >= 15 is 0 Å². The number of unbranched alkanes of at least 4 members (excludes halogenated alkanes) is 1. The summed E-state index contributed by atoms with van der Waals surface area (Å²) in [5.41, 5.74) is 4.53. The summed E-state index contributed by atoms with van der Waals surface area (Å²) in [5.74, 6) is -1.33. The van der Waals surface area contributed by atoms with Gasteiger partial charge in [-0.1, -0.05) is 79.6 Å². The van der Waals surface area contributed by atoms with Crippen molar-refractivity contribution in [2.75, 3.05) is 17.4 Å². The molecule has 0 fully saturated rings. The Morgan fingerprint density at radius 1 is 0.826 bits per heavy atom. The van der Waals surface area contributed by atoms with Crippen LogP contribution in [-0.2, 0) is 32.6 Å². The second kappa shape index (κ2) is 15.7. The molecule has 4 aromatic rings. The second-order valence-corrected chi connectivity index (χ2v) is 13.5. The minimum Gasteiger partial charge on any atom is -0.354 e. The van der Waals surface area contributed by atoms with E-state index < -0.39 is 34.3 Å². The SMILES string of the molecule is CCCCNC(=O)C(Cc1ccccc1)N(Cc1ccc(F)cc1)C(=O)CN(c1ccc(C)c(C)c1)S(=O)(=O)c1ccc(C)cc1. The average molecular weight is 644 g/mol. The molecular weight excluding hydrogens is 601 g/mol. The summed E-state index contributed by atoms with van der Waals surface area (Å²) in [6, 6.07) is 25.9. The largest absolute Gasteiger partial charge is 0.354 e. The molecule has 0 spiro atoms. The van der Waals surface area contributed by atoms with Crippen molar-refractivity contribution >= 4 is 27.5 Å². The van der Waals surface area contributed by atoms with E-state index in [1.807, 2.05) is 64.1 Å². The van der Waals surface area contributed by atoms with Crippen LogP contribution in [0.3, 0.4) is 0 Å². The molecule has 0 aromatic heterocycles. The zero-order valence-corrected chi connectivity index (χ0v) is 27.7. The third-order valence-corrected chi connectivity index (χ3v) is 9.82. The smallest absolute Gasteiger partial charge is 0.264 e. The van der Waals surface area contributed by atoms with Crippen LogP contribution in [-0.4, -0.2) is 44.3 Å². The monoisotopic (exact) mass is 643 g/mol. The van der Waals surface area contributed by atoms with Crippen LogP contribution in [0, 0.1) is 26.6 Å². The number of amides is 2. The molecule has 1 unspecified atom stereocenters. The molecule has 1 atom stereocenters. The van der Waals surface area contributed by atoms with Crippen LogP contribution < -0.4 is 9.62 Å². The highest BCUT2D eigenvalue weighted by atomic mass is 32.2. The molecule has 0 aliphatic carbocycles. The fourth-order valence-electron chi connectivity index (χ4n) is 5.09. The van der Waals surface area contributed by atoms with Crippen molar-refractivity contribution < 1.29 is 22.4 Å². The Morgan fingerprint density at radius 2 is 1.50 bits per heavy atom. The molecule has 0 saturated heterocycles. The maximum absolute atomic E-state index is 14.5. The number of hydrogen-bond donors (Lipinski definition) is 1. The highest BCUT2D eigenvalue weighted by Gasteiger charge is 2.34. The predicted octanol–water partition coefficient (Wildman–Crippen LogP) is 6.50. The van der Waals surface area contributed by atoms with Gasteiger partial charge in [0.25, 0.3) is 10.0 Å². The summed E-state index contributed by atoms with van der Waals surface area (Å²) in [6.45, 7) is 7.57. The van der Waals surface area contributed by atoms with Crippen LogP contribution >= 0.6 is 0 Å². The van der Waals surface area contributed by atoms with E-state index in [1.54, 1.807) is 36.4 Å². The fourth-order valence-corrected chi connectivity index (χ4v) is 6.50. The van der Waals surface area contributed by atoms with E-state index in [0.717, 1.165) is 39.4 Å². The molecule has 1 N–H and O–H groups in total. The molecular formula is C37H42FN3O4S. The number of rotatable bonds is 14.